The molecule has 1 saturated heterocycles. The molecular weight excluding hydrogens is 230 g/mol. The molecule has 0 radical (unpaired) electrons. The zero-order valence-electron chi connectivity index (χ0n) is 12.9. The van der Waals surface area contributed by atoms with Crippen molar-refractivity contribution < 1.29 is 0 Å². The highest BCUT2D eigenvalue weighted by molar-refractivity contribution is 5.20. The van der Waals surface area contributed by atoms with Crippen LogP contribution in [0.2, 0.25) is 0 Å². The minimum absolute atomic E-state index is 0.399. The van der Waals surface area contributed by atoms with Gasteiger partial charge in [-0.1, -0.05) is 57.5 Å². The van der Waals surface area contributed by atoms with Gasteiger partial charge in [0.2, 0.25) is 0 Å². The third kappa shape index (κ3) is 4.99. The molecule has 1 heteroatoms. The van der Waals surface area contributed by atoms with Crippen LogP contribution in [0.3, 0.4) is 0 Å². The molecular formula is C18H29N. The van der Waals surface area contributed by atoms with Gasteiger partial charge in [-0.3, -0.25) is 0 Å². The lowest BCUT2D eigenvalue weighted by molar-refractivity contribution is 0.196. The maximum Gasteiger partial charge on any atom is 0.00505 e. The molecule has 1 aliphatic heterocycles. The normalized spacial score (nSPS) is 19.3. The van der Waals surface area contributed by atoms with Crippen molar-refractivity contribution in [2.45, 2.75) is 52.4 Å². The number of hydrogen-bond donors (Lipinski definition) is 0. The van der Waals surface area contributed by atoms with Gasteiger partial charge in [0.1, 0.15) is 0 Å². The van der Waals surface area contributed by atoms with E-state index in [-0.39, 0.29) is 0 Å². The summed E-state index contributed by atoms with van der Waals surface area (Å²) < 4.78 is 0. The Balaban J connectivity index is 2.05. The monoisotopic (exact) mass is 259 g/mol. The van der Waals surface area contributed by atoms with Gasteiger partial charge in [0, 0.05) is 6.54 Å². The van der Waals surface area contributed by atoms with Gasteiger partial charge in [0.05, 0.1) is 0 Å². The fraction of sp³-hybridized carbons (Fsp3) is 0.667. The summed E-state index contributed by atoms with van der Waals surface area (Å²) in [5.41, 5.74) is 1.92. The summed E-state index contributed by atoms with van der Waals surface area (Å²) in [5, 5.41) is 0. The molecule has 1 aromatic rings. The van der Waals surface area contributed by atoms with Crippen molar-refractivity contribution >= 4 is 0 Å². The van der Waals surface area contributed by atoms with Gasteiger partial charge < -0.3 is 4.90 Å². The lowest BCUT2D eigenvalue weighted by Crippen LogP contribution is -2.34. The Morgan fingerprint density at radius 1 is 1.00 bits per heavy atom. The fourth-order valence-corrected chi connectivity index (χ4v) is 3.21. The van der Waals surface area contributed by atoms with E-state index in [0.29, 0.717) is 11.3 Å². The van der Waals surface area contributed by atoms with Crippen LogP contribution in [0.4, 0.5) is 0 Å². The molecule has 0 spiro atoms. The van der Waals surface area contributed by atoms with Crippen LogP contribution in [-0.2, 0) is 0 Å². The van der Waals surface area contributed by atoms with Gasteiger partial charge >= 0.3 is 0 Å². The first-order chi connectivity index (χ1) is 9.04. The zero-order valence-corrected chi connectivity index (χ0v) is 12.9. The van der Waals surface area contributed by atoms with E-state index < -0.39 is 0 Å². The van der Waals surface area contributed by atoms with Crippen molar-refractivity contribution in [3.63, 3.8) is 0 Å². The second-order valence-corrected chi connectivity index (χ2v) is 7.23. The van der Waals surface area contributed by atoms with E-state index in [1.807, 2.05) is 0 Å². The summed E-state index contributed by atoms with van der Waals surface area (Å²) in [5.74, 6) is 0.680. The van der Waals surface area contributed by atoms with Crippen molar-refractivity contribution in [1.82, 2.24) is 4.90 Å². The Morgan fingerprint density at radius 3 is 2.21 bits per heavy atom. The van der Waals surface area contributed by atoms with Crippen molar-refractivity contribution in [3.05, 3.63) is 35.9 Å². The summed E-state index contributed by atoms with van der Waals surface area (Å²) in [7, 11) is 0. The van der Waals surface area contributed by atoms with Crippen LogP contribution >= 0.6 is 0 Å². The number of hydrogen-bond acceptors (Lipinski definition) is 1. The molecule has 106 valence electrons. The summed E-state index contributed by atoms with van der Waals surface area (Å²) >= 11 is 0. The standard InChI is InChI=1S/C18H29N/c1-18(2,3)14-17(16-10-6-4-7-11-16)15-19-12-8-5-9-13-19/h4,6-7,10-11,17H,5,8-9,12-15H2,1-3H3/t17-/m1/s1. The third-order valence-corrected chi connectivity index (χ3v) is 4.06. The van der Waals surface area contributed by atoms with Crippen molar-refractivity contribution in [1.29, 1.82) is 0 Å². The van der Waals surface area contributed by atoms with Gasteiger partial charge in [-0.25, -0.2) is 0 Å². The Labute approximate surface area is 119 Å². The van der Waals surface area contributed by atoms with Crippen LogP contribution in [0.5, 0.6) is 0 Å². The Hall–Kier alpha value is -0.820. The minimum Gasteiger partial charge on any atom is -0.303 e. The second-order valence-electron chi connectivity index (χ2n) is 7.23. The van der Waals surface area contributed by atoms with E-state index in [1.54, 1.807) is 0 Å². The number of nitrogens with zero attached hydrogens (tertiary/aromatic N) is 1. The first-order valence-electron chi connectivity index (χ1n) is 7.82. The van der Waals surface area contributed by atoms with Crippen LogP contribution < -0.4 is 0 Å². The maximum absolute atomic E-state index is 2.67. The molecule has 19 heavy (non-hydrogen) atoms. The van der Waals surface area contributed by atoms with Crippen molar-refractivity contribution in [2.24, 2.45) is 5.41 Å². The van der Waals surface area contributed by atoms with E-state index in [9.17, 15) is 0 Å². The van der Waals surface area contributed by atoms with Crippen LogP contribution in [0.15, 0.2) is 30.3 Å². The van der Waals surface area contributed by atoms with Gasteiger partial charge in [-0.2, -0.15) is 0 Å². The number of benzene rings is 1. The average molecular weight is 259 g/mol. The molecule has 2 rings (SSSR count). The van der Waals surface area contributed by atoms with Gasteiger partial charge in [0.15, 0.2) is 0 Å². The topological polar surface area (TPSA) is 3.24 Å². The number of likely N-dealkylation sites (tertiary alicyclic amines) is 1. The number of piperidine rings is 1. The van der Waals surface area contributed by atoms with E-state index in [2.05, 4.69) is 56.0 Å². The smallest absolute Gasteiger partial charge is 0.00505 e. The molecule has 1 heterocycles. The van der Waals surface area contributed by atoms with Crippen LogP contribution in [0.25, 0.3) is 0 Å². The van der Waals surface area contributed by atoms with E-state index in [4.69, 9.17) is 0 Å². The molecule has 1 nitrogen and oxygen atoms in total. The lowest BCUT2D eigenvalue weighted by Gasteiger charge is -2.33. The summed E-state index contributed by atoms with van der Waals surface area (Å²) in [6, 6.07) is 11.1. The highest BCUT2D eigenvalue weighted by Crippen LogP contribution is 2.32. The second kappa shape index (κ2) is 6.56. The van der Waals surface area contributed by atoms with E-state index in [1.165, 1.54) is 50.9 Å². The Kier molecular flexibility index (Phi) is 5.04. The Bertz CT molecular complexity index is 357. The zero-order chi connectivity index (χ0) is 13.7. The number of rotatable bonds is 4. The quantitative estimate of drug-likeness (QED) is 0.758. The van der Waals surface area contributed by atoms with Gasteiger partial charge in [-0.15, -0.1) is 0 Å². The molecule has 1 fully saturated rings. The maximum atomic E-state index is 2.67. The predicted molar refractivity (Wildman–Crippen MR) is 83.5 cm³/mol. The fourth-order valence-electron chi connectivity index (χ4n) is 3.21. The SMILES string of the molecule is CC(C)(C)C[C@H](CN1CCCCC1)c1ccccc1. The first-order valence-corrected chi connectivity index (χ1v) is 7.82. The largest absolute Gasteiger partial charge is 0.303 e. The summed E-state index contributed by atoms with van der Waals surface area (Å²) in [6.07, 6.45) is 5.47. The van der Waals surface area contributed by atoms with Crippen LogP contribution in [0, 0.1) is 5.41 Å². The molecule has 0 N–H and O–H groups in total. The first kappa shape index (κ1) is 14.6. The third-order valence-electron chi connectivity index (χ3n) is 4.06. The molecule has 0 unspecified atom stereocenters. The minimum atomic E-state index is 0.399. The highest BCUT2D eigenvalue weighted by atomic mass is 15.1. The van der Waals surface area contributed by atoms with Gasteiger partial charge in [0.25, 0.3) is 0 Å². The molecule has 1 aromatic carbocycles. The molecule has 0 aromatic heterocycles. The van der Waals surface area contributed by atoms with E-state index >= 15 is 0 Å². The van der Waals surface area contributed by atoms with Crippen molar-refractivity contribution in [2.75, 3.05) is 19.6 Å². The molecule has 0 aliphatic carbocycles. The average Bonchev–Trinajstić information content (AvgIpc) is 2.39. The van der Waals surface area contributed by atoms with Gasteiger partial charge in [-0.05, 0) is 49.2 Å². The summed E-state index contributed by atoms with van der Waals surface area (Å²) in [4.78, 5) is 2.67. The van der Waals surface area contributed by atoms with E-state index in [0.717, 1.165) is 0 Å². The van der Waals surface area contributed by atoms with Crippen LogP contribution in [0.1, 0.15) is 57.9 Å². The highest BCUT2D eigenvalue weighted by Gasteiger charge is 2.23. The molecule has 1 aliphatic rings. The summed E-state index contributed by atoms with van der Waals surface area (Å²) in [6.45, 7) is 10.9. The van der Waals surface area contributed by atoms with Crippen molar-refractivity contribution in [3.8, 4) is 0 Å². The van der Waals surface area contributed by atoms with Crippen LogP contribution in [-0.4, -0.2) is 24.5 Å². The molecule has 0 bridgehead atoms. The predicted octanol–water partition coefficient (Wildman–Crippen LogP) is 4.69. The Morgan fingerprint density at radius 2 is 1.63 bits per heavy atom. The molecule has 1 atom stereocenters. The molecule has 0 saturated carbocycles. The molecule has 0 amide bonds. The lowest BCUT2D eigenvalue weighted by atomic mass is 9.81.